The molecule has 19 heavy (non-hydrogen) atoms. The lowest BCUT2D eigenvalue weighted by atomic mass is 10.2. The number of nitrogens with zero attached hydrogens (tertiary/aromatic N) is 3. The van der Waals surface area contributed by atoms with Crippen molar-refractivity contribution < 1.29 is 0 Å². The summed E-state index contributed by atoms with van der Waals surface area (Å²) in [4.78, 5) is 8.76. The molecule has 0 aliphatic heterocycles. The average Bonchev–Trinajstić information content (AvgIpc) is 2.75. The number of aromatic amines is 1. The van der Waals surface area contributed by atoms with Gasteiger partial charge < -0.3 is 5.32 Å². The molecule has 0 amide bonds. The molecular weight excluding hydrogens is 258 g/mol. The first-order valence-electron chi connectivity index (χ1n) is 6.30. The fourth-order valence-corrected chi connectivity index (χ4v) is 2.37. The second-order valence-electron chi connectivity index (χ2n) is 4.81. The van der Waals surface area contributed by atoms with Crippen LogP contribution in [0.25, 0.3) is 0 Å². The van der Waals surface area contributed by atoms with E-state index in [1.807, 2.05) is 13.1 Å². The smallest absolute Gasteiger partial charge is 0.214 e. The third-order valence-electron chi connectivity index (χ3n) is 2.57. The molecule has 2 aromatic heterocycles. The minimum absolute atomic E-state index is 0.477. The molecule has 2 heterocycles. The standard InChI is InChI=1S/C13H19N5S/c1-8(2)14-6-11-5-9(3)12(15-7-11)19-13-16-10(4)17-18-13/h5,7-8,14H,6H2,1-4H3,(H,16,17,18). The Hall–Kier alpha value is -1.40. The molecule has 2 aromatic rings. The number of nitrogens with one attached hydrogen (secondary N) is 2. The van der Waals surface area contributed by atoms with E-state index in [-0.39, 0.29) is 0 Å². The van der Waals surface area contributed by atoms with Crippen LogP contribution >= 0.6 is 11.8 Å². The highest BCUT2D eigenvalue weighted by molar-refractivity contribution is 7.99. The van der Waals surface area contributed by atoms with Crippen LogP contribution in [0.15, 0.2) is 22.4 Å². The molecular formula is C13H19N5S. The highest BCUT2D eigenvalue weighted by Crippen LogP contribution is 2.25. The molecule has 2 N–H and O–H groups in total. The lowest BCUT2D eigenvalue weighted by molar-refractivity contribution is 0.587. The molecule has 0 unspecified atom stereocenters. The van der Waals surface area contributed by atoms with Crippen LogP contribution in [0.1, 0.15) is 30.8 Å². The third kappa shape index (κ3) is 4.04. The second-order valence-corrected chi connectivity index (χ2v) is 5.76. The summed E-state index contributed by atoms with van der Waals surface area (Å²) in [5.41, 5.74) is 2.34. The van der Waals surface area contributed by atoms with Gasteiger partial charge >= 0.3 is 0 Å². The fraction of sp³-hybridized carbons (Fsp3) is 0.462. The minimum Gasteiger partial charge on any atom is -0.310 e. The number of pyridine rings is 1. The molecule has 6 heteroatoms. The number of rotatable bonds is 5. The Morgan fingerprint density at radius 2 is 2.16 bits per heavy atom. The summed E-state index contributed by atoms with van der Waals surface area (Å²) >= 11 is 1.48. The quantitative estimate of drug-likeness (QED) is 0.879. The Morgan fingerprint density at radius 3 is 2.74 bits per heavy atom. The number of aryl methyl sites for hydroxylation is 2. The minimum atomic E-state index is 0.477. The van der Waals surface area contributed by atoms with Gasteiger partial charge in [-0.2, -0.15) is 0 Å². The molecule has 5 nitrogen and oxygen atoms in total. The molecule has 0 saturated heterocycles. The summed E-state index contributed by atoms with van der Waals surface area (Å²) in [5, 5.41) is 12.0. The lowest BCUT2D eigenvalue weighted by Gasteiger charge is -2.09. The van der Waals surface area contributed by atoms with E-state index in [2.05, 4.69) is 52.3 Å². The predicted molar refractivity (Wildman–Crippen MR) is 76.2 cm³/mol. The van der Waals surface area contributed by atoms with Gasteiger partial charge in [0.05, 0.1) is 0 Å². The van der Waals surface area contributed by atoms with Gasteiger partial charge in [0.15, 0.2) is 0 Å². The molecule has 0 atom stereocenters. The first-order chi connectivity index (χ1) is 9.04. The molecule has 0 bridgehead atoms. The van der Waals surface area contributed by atoms with Crippen molar-refractivity contribution in [3.63, 3.8) is 0 Å². The van der Waals surface area contributed by atoms with Crippen molar-refractivity contribution in [2.24, 2.45) is 0 Å². The van der Waals surface area contributed by atoms with Crippen molar-refractivity contribution in [3.05, 3.63) is 29.2 Å². The molecule has 0 radical (unpaired) electrons. The van der Waals surface area contributed by atoms with E-state index in [0.717, 1.165) is 23.0 Å². The molecule has 0 aliphatic rings. The van der Waals surface area contributed by atoms with Gasteiger partial charge in [0, 0.05) is 18.8 Å². The van der Waals surface area contributed by atoms with Gasteiger partial charge in [0.2, 0.25) is 5.16 Å². The Bertz CT molecular complexity index is 550. The number of aromatic nitrogens is 4. The normalized spacial score (nSPS) is 11.2. The fourth-order valence-electron chi connectivity index (χ4n) is 1.60. The van der Waals surface area contributed by atoms with Gasteiger partial charge in [-0.05, 0) is 36.7 Å². The highest BCUT2D eigenvalue weighted by Gasteiger charge is 2.08. The topological polar surface area (TPSA) is 66.5 Å². The molecule has 0 fully saturated rings. The molecule has 0 spiro atoms. The van der Waals surface area contributed by atoms with Crippen molar-refractivity contribution in [2.45, 2.75) is 50.5 Å². The van der Waals surface area contributed by atoms with E-state index in [1.165, 1.54) is 17.3 Å². The Labute approximate surface area is 117 Å². The van der Waals surface area contributed by atoms with Gasteiger partial charge in [-0.25, -0.2) is 9.97 Å². The number of hydrogen-bond donors (Lipinski definition) is 2. The second kappa shape index (κ2) is 6.16. The van der Waals surface area contributed by atoms with Crippen LogP contribution in [0.2, 0.25) is 0 Å². The average molecular weight is 277 g/mol. The van der Waals surface area contributed by atoms with Gasteiger partial charge in [-0.3, -0.25) is 5.10 Å². The van der Waals surface area contributed by atoms with Gasteiger partial charge in [-0.1, -0.05) is 19.9 Å². The van der Waals surface area contributed by atoms with Crippen molar-refractivity contribution in [1.82, 2.24) is 25.5 Å². The van der Waals surface area contributed by atoms with Gasteiger partial charge in [0.1, 0.15) is 10.9 Å². The SMILES string of the molecule is Cc1nc(Sc2ncc(CNC(C)C)cc2C)n[nH]1. The van der Waals surface area contributed by atoms with Crippen LogP contribution in [0.3, 0.4) is 0 Å². The van der Waals surface area contributed by atoms with E-state index in [4.69, 9.17) is 0 Å². The maximum Gasteiger partial charge on any atom is 0.214 e. The predicted octanol–water partition coefficient (Wildman–Crippen LogP) is 2.47. The maximum atomic E-state index is 4.49. The van der Waals surface area contributed by atoms with E-state index < -0.39 is 0 Å². The van der Waals surface area contributed by atoms with Crippen LogP contribution in [0.4, 0.5) is 0 Å². The summed E-state index contributed by atoms with van der Waals surface area (Å²) in [6.07, 6.45) is 1.91. The third-order valence-corrected chi connectivity index (χ3v) is 3.55. The maximum absolute atomic E-state index is 4.49. The Morgan fingerprint density at radius 1 is 1.37 bits per heavy atom. The van der Waals surface area contributed by atoms with Crippen LogP contribution in [0, 0.1) is 13.8 Å². The lowest BCUT2D eigenvalue weighted by Crippen LogP contribution is -2.21. The summed E-state index contributed by atoms with van der Waals surface area (Å²) in [5.74, 6) is 0.818. The Balaban J connectivity index is 2.06. The van der Waals surface area contributed by atoms with Crippen LogP contribution in [0.5, 0.6) is 0 Å². The highest BCUT2D eigenvalue weighted by atomic mass is 32.2. The monoisotopic (exact) mass is 277 g/mol. The first kappa shape index (κ1) is 14.0. The van der Waals surface area contributed by atoms with E-state index in [9.17, 15) is 0 Å². The molecule has 0 aromatic carbocycles. The van der Waals surface area contributed by atoms with E-state index in [0.29, 0.717) is 11.2 Å². The zero-order valence-corrected chi connectivity index (χ0v) is 12.5. The van der Waals surface area contributed by atoms with Gasteiger partial charge in [-0.15, -0.1) is 5.10 Å². The summed E-state index contributed by atoms with van der Waals surface area (Å²) in [7, 11) is 0. The summed E-state index contributed by atoms with van der Waals surface area (Å²) < 4.78 is 0. The van der Waals surface area contributed by atoms with E-state index in [1.54, 1.807) is 0 Å². The van der Waals surface area contributed by atoms with Crippen molar-refractivity contribution in [3.8, 4) is 0 Å². The van der Waals surface area contributed by atoms with Crippen LogP contribution < -0.4 is 5.32 Å². The Kier molecular flexibility index (Phi) is 4.55. The molecule has 0 aliphatic carbocycles. The first-order valence-corrected chi connectivity index (χ1v) is 7.12. The van der Waals surface area contributed by atoms with Crippen molar-refractivity contribution in [1.29, 1.82) is 0 Å². The number of hydrogen-bond acceptors (Lipinski definition) is 5. The molecule has 0 saturated carbocycles. The van der Waals surface area contributed by atoms with Crippen LogP contribution in [-0.4, -0.2) is 26.2 Å². The molecule has 102 valence electrons. The van der Waals surface area contributed by atoms with Crippen molar-refractivity contribution >= 4 is 11.8 Å². The van der Waals surface area contributed by atoms with E-state index >= 15 is 0 Å². The zero-order valence-electron chi connectivity index (χ0n) is 11.7. The van der Waals surface area contributed by atoms with Gasteiger partial charge in [0.25, 0.3) is 0 Å². The largest absolute Gasteiger partial charge is 0.310 e. The summed E-state index contributed by atoms with van der Waals surface area (Å²) in [6.45, 7) is 9.06. The van der Waals surface area contributed by atoms with Crippen LogP contribution in [-0.2, 0) is 6.54 Å². The van der Waals surface area contributed by atoms with Crippen molar-refractivity contribution in [2.75, 3.05) is 0 Å². The number of H-pyrrole nitrogens is 1. The summed E-state index contributed by atoms with van der Waals surface area (Å²) in [6, 6.07) is 2.63. The zero-order chi connectivity index (χ0) is 13.8. The molecule has 2 rings (SSSR count).